The first-order valence-electron chi connectivity index (χ1n) is 9.22. The Morgan fingerprint density at radius 2 is 2.20 bits per heavy atom. The summed E-state index contributed by atoms with van der Waals surface area (Å²) in [6, 6.07) is 6.67. The first kappa shape index (κ1) is 18.8. The van der Waals surface area contributed by atoms with Crippen molar-refractivity contribution in [1.29, 1.82) is 0 Å². The molecule has 1 aromatic carbocycles. The van der Waals surface area contributed by atoms with E-state index in [0.29, 0.717) is 17.1 Å². The SMILES string of the molecule is CCOC(=O)N(CI)[C@H]1Cc2ccc(OC)cc2[C@]2(C)CCCC[C@H]12. The fourth-order valence-corrected chi connectivity index (χ4v) is 5.66. The Kier molecular flexibility index (Phi) is 5.81. The zero-order valence-electron chi connectivity index (χ0n) is 15.4. The molecule has 0 N–H and O–H groups in total. The minimum absolute atomic E-state index is 0.0988. The largest absolute Gasteiger partial charge is 0.497 e. The maximum absolute atomic E-state index is 12.5. The van der Waals surface area contributed by atoms with Crippen LogP contribution >= 0.6 is 22.6 Å². The van der Waals surface area contributed by atoms with Gasteiger partial charge in [0.05, 0.1) is 18.3 Å². The summed E-state index contributed by atoms with van der Waals surface area (Å²) in [7, 11) is 1.73. The Balaban J connectivity index is 2.03. The van der Waals surface area contributed by atoms with Crippen molar-refractivity contribution < 1.29 is 14.3 Å². The van der Waals surface area contributed by atoms with E-state index in [2.05, 4.69) is 41.6 Å². The molecule has 138 valence electrons. The van der Waals surface area contributed by atoms with Gasteiger partial charge in [-0.2, -0.15) is 0 Å². The molecule has 0 spiro atoms. The molecule has 0 aromatic heterocycles. The summed E-state index contributed by atoms with van der Waals surface area (Å²) in [6.45, 7) is 4.68. The van der Waals surface area contributed by atoms with Gasteiger partial charge in [-0.1, -0.05) is 48.4 Å². The smallest absolute Gasteiger partial charge is 0.410 e. The lowest BCUT2D eigenvalue weighted by molar-refractivity contribution is 0.0483. The highest BCUT2D eigenvalue weighted by atomic mass is 127. The van der Waals surface area contributed by atoms with Crippen molar-refractivity contribution >= 4 is 28.7 Å². The van der Waals surface area contributed by atoms with Crippen LogP contribution in [0.15, 0.2) is 18.2 Å². The van der Waals surface area contributed by atoms with Crippen LogP contribution in [0.5, 0.6) is 5.75 Å². The van der Waals surface area contributed by atoms with Gasteiger partial charge in [0.15, 0.2) is 0 Å². The third-order valence-corrected chi connectivity index (χ3v) is 6.87. The Morgan fingerprint density at radius 1 is 1.40 bits per heavy atom. The van der Waals surface area contributed by atoms with E-state index in [-0.39, 0.29) is 17.6 Å². The van der Waals surface area contributed by atoms with Crippen LogP contribution in [0.1, 0.15) is 50.7 Å². The summed E-state index contributed by atoms with van der Waals surface area (Å²) < 4.78 is 11.5. The molecule has 4 nitrogen and oxygen atoms in total. The molecule has 0 radical (unpaired) electrons. The number of halogens is 1. The molecule has 3 atom stereocenters. The van der Waals surface area contributed by atoms with Crippen LogP contribution in [-0.2, 0) is 16.6 Å². The monoisotopic (exact) mass is 457 g/mol. The van der Waals surface area contributed by atoms with Crippen molar-refractivity contribution in [3.8, 4) is 5.75 Å². The topological polar surface area (TPSA) is 38.8 Å². The zero-order chi connectivity index (χ0) is 18.0. The van der Waals surface area contributed by atoms with Gasteiger partial charge < -0.3 is 9.47 Å². The first-order chi connectivity index (χ1) is 12.0. The number of hydrogen-bond donors (Lipinski definition) is 0. The molecule has 1 fully saturated rings. The van der Waals surface area contributed by atoms with Gasteiger partial charge in [0.2, 0.25) is 0 Å². The summed E-state index contributed by atoms with van der Waals surface area (Å²) >= 11 is 2.29. The average Bonchev–Trinajstić information content (AvgIpc) is 2.62. The Morgan fingerprint density at radius 3 is 2.88 bits per heavy atom. The van der Waals surface area contributed by atoms with Gasteiger partial charge in [0, 0.05) is 6.04 Å². The van der Waals surface area contributed by atoms with E-state index in [4.69, 9.17) is 9.47 Å². The summed E-state index contributed by atoms with van der Waals surface area (Å²) in [5.41, 5.74) is 2.87. The molecule has 2 aliphatic carbocycles. The van der Waals surface area contributed by atoms with Crippen LogP contribution in [-0.4, -0.2) is 35.3 Å². The molecule has 5 heteroatoms. The molecule has 1 amide bonds. The minimum atomic E-state index is -0.174. The van der Waals surface area contributed by atoms with Crippen LogP contribution in [0.2, 0.25) is 0 Å². The van der Waals surface area contributed by atoms with Crippen molar-refractivity contribution in [1.82, 2.24) is 4.90 Å². The van der Waals surface area contributed by atoms with Crippen molar-refractivity contribution in [2.75, 3.05) is 18.3 Å². The molecule has 2 aliphatic rings. The molecule has 1 aromatic rings. The van der Waals surface area contributed by atoms with Gasteiger partial charge >= 0.3 is 6.09 Å². The van der Waals surface area contributed by atoms with Crippen molar-refractivity contribution in [3.63, 3.8) is 0 Å². The van der Waals surface area contributed by atoms with Gasteiger partial charge in [0.25, 0.3) is 0 Å². The van der Waals surface area contributed by atoms with Gasteiger partial charge in [-0.3, -0.25) is 4.90 Å². The maximum Gasteiger partial charge on any atom is 0.410 e. The number of fused-ring (bicyclic) bond motifs is 3. The van der Waals surface area contributed by atoms with Crippen molar-refractivity contribution in [3.05, 3.63) is 29.3 Å². The molecule has 0 unspecified atom stereocenters. The van der Waals surface area contributed by atoms with E-state index >= 15 is 0 Å². The van der Waals surface area contributed by atoms with Crippen molar-refractivity contribution in [2.24, 2.45) is 5.92 Å². The number of hydrogen-bond acceptors (Lipinski definition) is 3. The second-order valence-electron chi connectivity index (χ2n) is 7.35. The van der Waals surface area contributed by atoms with E-state index in [1.54, 1.807) is 7.11 Å². The van der Waals surface area contributed by atoms with Gasteiger partial charge in [-0.05, 0) is 60.8 Å². The first-order valence-corrected chi connectivity index (χ1v) is 10.7. The molecule has 0 saturated heterocycles. The Labute approximate surface area is 164 Å². The highest BCUT2D eigenvalue weighted by molar-refractivity contribution is 14.1. The molecule has 3 rings (SSSR count). The minimum Gasteiger partial charge on any atom is -0.497 e. The average molecular weight is 457 g/mol. The van der Waals surface area contributed by atoms with Gasteiger partial charge in [-0.25, -0.2) is 4.79 Å². The standard InChI is InChI=1S/C20H28INO3/c1-4-25-19(23)22(13-21)18-11-14-8-9-15(24-3)12-17(14)20(2)10-6-5-7-16(18)20/h8-9,12,16,18H,4-7,10-11,13H2,1-3H3/t16-,18+,20-/m1/s1. The van der Waals surface area contributed by atoms with Crippen LogP contribution in [0.3, 0.4) is 0 Å². The number of benzene rings is 1. The molecular formula is C20H28INO3. The van der Waals surface area contributed by atoms with Crippen LogP contribution in [0.4, 0.5) is 4.79 Å². The summed E-state index contributed by atoms with van der Waals surface area (Å²) in [5, 5.41) is 0. The number of carbonyl (C=O) groups is 1. The molecule has 0 heterocycles. The second-order valence-corrected chi connectivity index (χ2v) is 8.03. The fourth-order valence-electron chi connectivity index (χ4n) is 4.88. The lowest BCUT2D eigenvalue weighted by Gasteiger charge is -2.52. The zero-order valence-corrected chi connectivity index (χ0v) is 17.5. The van der Waals surface area contributed by atoms with Gasteiger partial charge in [-0.15, -0.1) is 0 Å². The number of amides is 1. The summed E-state index contributed by atoms with van der Waals surface area (Å²) in [5.74, 6) is 1.40. The van der Waals surface area contributed by atoms with Crippen molar-refractivity contribution in [2.45, 2.75) is 57.4 Å². The third kappa shape index (κ3) is 3.36. The number of methoxy groups -OCH3 is 1. The number of alkyl halides is 1. The van der Waals surface area contributed by atoms with Crippen LogP contribution in [0, 0.1) is 5.92 Å². The Bertz CT molecular complexity index is 635. The Hall–Kier alpha value is -0.980. The highest BCUT2D eigenvalue weighted by Crippen LogP contribution is 2.51. The lowest BCUT2D eigenvalue weighted by atomic mass is 9.56. The number of carbonyl (C=O) groups excluding carboxylic acids is 1. The van der Waals surface area contributed by atoms with E-state index in [0.717, 1.165) is 12.2 Å². The number of nitrogens with zero attached hydrogens (tertiary/aromatic N) is 1. The predicted molar refractivity (Wildman–Crippen MR) is 108 cm³/mol. The lowest BCUT2D eigenvalue weighted by Crippen LogP contribution is -2.55. The quantitative estimate of drug-likeness (QED) is 0.366. The molecule has 25 heavy (non-hydrogen) atoms. The summed E-state index contributed by atoms with van der Waals surface area (Å²) in [4.78, 5) is 14.5. The van der Waals surface area contributed by atoms with Crippen LogP contribution < -0.4 is 4.74 Å². The van der Waals surface area contributed by atoms with Gasteiger partial charge in [0.1, 0.15) is 5.75 Å². The molecule has 0 aliphatic heterocycles. The van der Waals surface area contributed by atoms with Crippen LogP contribution in [0.25, 0.3) is 0 Å². The normalized spacial score (nSPS) is 27.8. The maximum atomic E-state index is 12.5. The van der Waals surface area contributed by atoms with E-state index in [9.17, 15) is 4.79 Å². The number of ether oxygens (including phenoxy) is 2. The molecule has 0 bridgehead atoms. The number of rotatable bonds is 4. The summed E-state index contributed by atoms with van der Waals surface area (Å²) in [6.07, 6.45) is 5.57. The highest BCUT2D eigenvalue weighted by Gasteiger charge is 2.49. The second kappa shape index (κ2) is 7.72. The van der Waals surface area contributed by atoms with E-state index in [1.165, 1.54) is 36.8 Å². The molecule has 1 saturated carbocycles. The third-order valence-electron chi connectivity index (χ3n) is 6.14. The van der Waals surface area contributed by atoms with E-state index in [1.807, 2.05) is 17.9 Å². The fraction of sp³-hybridized carbons (Fsp3) is 0.650. The predicted octanol–water partition coefficient (Wildman–Crippen LogP) is 4.92. The van der Waals surface area contributed by atoms with E-state index < -0.39 is 0 Å². The molecular weight excluding hydrogens is 429 g/mol.